The van der Waals surface area contributed by atoms with E-state index in [0.717, 1.165) is 50.6 Å². The van der Waals surface area contributed by atoms with E-state index < -0.39 is 0 Å². The van der Waals surface area contributed by atoms with Gasteiger partial charge in [0.15, 0.2) is 0 Å². The zero-order valence-electron chi connectivity index (χ0n) is 16.8. The number of aromatic nitrogens is 1. The van der Waals surface area contributed by atoms with E-state index in [4.69, 9.17) is 9.47 Å². The molecule has 150 valence electrons. The zero-order chi connectivity index (χ0) is 19.9. The monoisotopic (exact) mass is 384 g/mol. The number of hydrogen-bond donors (Lipinski definition) is 1. The fraction of sp³-hybridized carbons (Fsp3) is 0.429. The maximum absolute atomic E-state index is 12.7. The molecule has 1 aromatic heterocycles. The van der Waals surface area contributed by atoms with Crippen LogP contribution in [0.4, 0.5) is 11.4 Å². The number of amides is 1. The van der Waals surface area contributed by atoms with Crippen molar-refractivity contribution in [2.24, 2.45) is 0 Å². The van der Waals surface area contributed by atoms with Gasteiger partial charge in [-0.05, 0) is 42.8 Å². The number of nitrogens with zero attached hydrogens (tertiary/aromatic N) is 3. The molecule has 1 aromatic carbocycles. The largest absolute Gasteiger partial charge is 0.480 e. The summed E-state index contributed by atoms with van der Waals surface area (Å²) in [5, 5.41) is 2.93. The highest BCUT2D eigenvalue weighted by molar-refractivity contribution is 6.06. The number of rotatable bonds is 7. The molecule has 0 atom stereocenters. The topological polar surface area (TPSA) is 66.9 Å². The van der Waals surface area contributed by atoms with E-state index in [0.29, 0.717) is 11.4 Å². The molecule has 0 saturated carbocycles. The first-order chi connectivity index (χ1) is 13.6. The number of pyridine rings is 1. The Morgan fingerprint density at radius 3 is 2.46 bits per heavy atom. The van der Waals surface area contributed by atoms with Gasteiger partial charge < -0.3 is 19.7 Å². The van der Waals surface area contributed by atoms with Crippen LogP contribution in [-0.2, 0) is 4.74 Å². The highest BCUT2D eigenvalue weighted by Gasteiger charge is 2.18. The first kappa shape index (κ1) is 20.1. The third-order valence-electron chi connectivity index (χ3n) is 5.02. The molecule has 0 radical (unpaired) electrons. The average Bonchev–Trinajstić information content (AvgIpc) is 2.73. The van der Waals surface area contributed by atoms with Gasteiger partial charge in [-0.25, -0.2) is 4.98 Å². The minimum atomic E-state index is -0.220. The number of carbonyl (C=O) groups is 1. The van der Waals surface area contributed by atoms with E-state index in [1.807, 2.05) is 31.2 Å². The van der Waals surface area contributed by atoms with E-state index in [1.54, 1.807) is 19.4 Å². The number of methoxy groups -OCH3 is 2. The van der Waals surface area contributed by atoms with Crippen LogP contribution in [0.2, 0.25) is 0 Å². The summed E-state index contributed by atoms with van der Waals surface area (Å²) in [6, 6.07) is 9.76. The van der Waals surface area contributed by atoms with Gasteiger partial charge in [-0.1, -0.05) is 0 Å². The lowest BCUT2D eigenvalue weighted by Crippen LogP contribution is -2.47. The van der Waals surface area contributed by atoms with Crippen molar-refractivity contribution in [1.82, 2.24) is 9.88 Å². The fourth-order valence-electron chi connectivity index (χ4n) is 3.36. The summed E-state index contributed by atoms with van der Waals surface area (Å²) in [7, 11) is 3.25. The van der Waals surface area contributed by atoms with Gasteiger partial charge in [0.25, 0.3) is 5.91 Å². The lowest BCUT2D eigenvalue weighted by Gasteiger charge is -2.36. The molecule has 3 rings (SSSR count). The molecular weight excluding hydrogens is 356 g/mol. The Labute approximate surface area is 166 Å². The van der Waals surface area contributed by atoms with Gasteiger partial charge in [-0.3, -0.25) is 9.69 Å². The van der Waals surface area contributed by atoms with Crippen LogP contribution in [0.3, 0.4) is 0 Å². The van der Waals surface area contributed by atoms with E-state index in [-0.39, 0.29) is 5.91 Å². The van der Waals surface area contributed by atoms with Crippen LogP contribution >= 0.6 is 0 Å². The SMILES string of the molecule is COCCN1CCN(c2ccc(NC(=O)c3c(C)ccnc3OC)cc2)CC1. The van der Waals surface area contributed by atoms with Crippen molar-refractivity contribution in [3.8, 4) is 5.88 Å². The van der Waals surface area contributed by atoms with Crippen LogP contribution in [-0.4, -0.2) is 69.3 Å². The predicted molar refractivity (Wildman–Crippen MR) is 110 cm³/mol. The molecule has 1 N–H and O–H groups in total. The molecule has 1 aliphatic heterocycles. The molecule has 0 unspecified atom stereocenters. The zero-order valence-corrected chi connectivity index (χ0v) is 16.8. The van der Waals surface area contributed by atoms with Gasteiger partial charge in [-0.2, -0.15) is 0 Å². The summed E-state index contributed by atoms with van der Waals surface area (Å²) >= 11 is 0. The Hall–Kier alpha value is -2.64. The van der Waals surface area contributed by atoms with Gasteiger partial charge in [0.05, 0.1) is 13.7 Å². The van der Waals surface area contributed by atoms with Gasteiger partial charge in [0.1, 0.15) is 5.56 Å². The summed E-state index contributed by atoms with van der Waals surface area (Å²) in [4.78, 5) is 21.6. The van der Waals surface area contributed by atoms with Crippen molar-refractivity contribution < 1.29 is 14.3 Å². The van der Waals surface area contributed by atoms with Crippen molar-refractivity contribution >= 4 is 17.3 Å². The summed E-state index contributed by atoms with van der Waals surface area (Å²) in [6.07, 6.45) is 1.63. The summed E-state index contributed by atoms with van der Waals surface area (Å²) < 4.78 is 10.4. The Morgan fingerprint density at radius 2 is 1.82 bits per heavy atom. The molecule has 0 bridgehead atoms. The maximum atomic E-state index is 12.7. The molecular formula is C21H28N4O3. The number of ether oxygens (including phenoxy) is 2. The minimum absolute atomic E-state index is 0.220. The van der Waals surface area contributed by atoms with Crippen molar-refractivity contribution in [3.05, 3.63) is 47.7 Å². The quantitative estimate of drug-likeness (QED) is 0.791. The van der Waals surface area contributed by atoms with Crippen LogP contribution in [0, 0.1) is 6.92 Å². The average molecular weight is 384 g/mol. The minimum Gasteiger partial charge on any atom is -0.480 e. The Bertz CT molecular complexity index is 787. The van der Waals surface area contributed by atoms with Crippen LogP contribution in [0.15, 0.2) is 36.5 Å². The Balaban J connectivity index is 1.60. The molecule has 1 saturated heterocycles. The highest BCUT2D eigenvalue weighted by atomic mass is 16.5. The van der Waals surface area contributed by atoms with Crippen molar-refractivity contribution in [3.63, 3.8) is 0 Å². The Kier molecular flexibility index (Phi) is 6.84. The first-order valence-electron chi connectivity index (χ1n) is 9.49. The van der Waals surface area contributed by atoms with Crippen molar-refractivity contribution in [2.75, 3.05) is 63.8 Å². The smallest absolute Gasteiger partial charge is 0.261 e. The predicted octanol–water partition coefficient (Wildman–Crippen LogP) is 2.42. The number of piperazine rings is 1. The number of aryl methyl sites for hydroxylation is 1. The molecule has 28 heavy (non-hydrogen) atoms. The molecule has 1 aliphatic rings. The van der Waals surface area contributed by atoms with E-state index in [9.17, 15) is 4.79 Å². The number of nitrogens with one attached hydrogen (secondary N) is 1. The molecule has 1 fully saturated rings. The van der Waals surface area contributed by atoms with Crippen LogP contribution < -0.4 is 15.0 Å². The third-order valence-corrected chi connectivity index (χ3v) is 5.02. The van der Waals surface area contributed by atoms with Crippen LogP contribution in [0.1, 0.15) is 15.9 Å². The van der Waals surface area contributed by atoms with Crippen LogP contribution in [0.5, 0.6) is 5.88 Å². The maximum Gasteiger partial charge on any atom is 0.261 e. The molecule has 0 aliphatic carbocycles. The Morgan fingerprint density at radius 1 is 1.11 bits per heavy atom. The molecule has 1 amide bonds. The van der Waals surface area contributed by atoms with E-state index >= 15 is 0 Å². The summed E-state index contributed by atoms with van der Waals surface area (Å²) in [5.41, 5.74) is 3.20. The van der Waals surface area contributed by atoms with Crippen molar-refractivity contribution in [1.29, 1.82) is 0 Å². The van der Waals surface area contributed by atoms with E-state index in [1.165, 1.54) is 12.8 Å². The fourth-order valence-corrected chi connectivity index (χ4v) is 3.36. The summed E-state index contributed by atoms with van der Waals surface area (Å²) in [6.45, 7) is 7.66. The van der Waals surface area contributed by atoms with E-state index in [2.05, 4.69) is 20.1 Å². The van der Waals surface area contributed by atoms with Gasteiger partial charge in [0, 0.05) is 57.4 Å². The lowest BCUT2D eigenvalue weighted by atomic mass is 10.1. The van der Waals surface area contributed by atoms with Gasteiger partial charge in [-0.15, -0.1) is 0 Å². The molecule has 2 heterocycles. The van der Waals surface area contributed by atoms with Crippen molar-refractivity contribution in [2.45, 2.75) is 6.92 Å². The first-order valence-corrected chi connectivity index (χ1v) is 9.49. The standard InChI is InChI=1S/C21H28N4O3/c1-16-8-9-22-21(28-3)19(16)20(26)23-17-4-6-18(7-5-17)25-12-10-24(11-13-25)14-15-27-2/h4-9H,10-15H2,1-3H3,(H,23,26). The third kappa shape index (κ3) is 4.79. The molecule has 0 spiro atoms. The number of benzene rings is 1. The molecule has 7 nitrogen and oxygen atoms in total. The second-order valence-corrected chi connectivity index (χ2v) is 6.83. The molecule has 2 aromatic rings. The normalized spacial score (nSPS) is 14.8. The van der Waals surface area contributed by atoms with Gasteiger partial charge in [0.2, 0.25) is 5.88 Å². The highest BCUT2D eigenvalue weighted by Crippen LogP contribution is 2.23. The summed E-state index contributed by atoms with van der Waals surface area (Å²) in [5.74, 6) is 0.113. The van der Waals surface area contributed by atoms with Gasteiger partial charge >= 0.3 is 0 Å². The second kappa shape index (κ2) is 9.52. The van der Waals surface area contributed by atoms with Crippen LogP contribution in [0.25, 0.3) is 0 Å². The second-order valence-electron chi connectivity index (χ2n) is 6.83. The number of hydrogen-bond acceptors (Lipinski definition) is 6. The molecule has 7 heteroatoms. The number of anilines is 2. The lowest BCUT2D eigenvalue weighted by molar-refractivity contribution is 0.102. The number of carbonyl (C=O) groups excluding carboxylic acids is 1.